The molecule has 46 heavy (non-hydrogen) atoms. The lowest BCUT2D eigenvalue weighted by molar-refractivity contribution is -0.138. The molecule has 2 fully saturated rings. The number of carbonyl (C=O) groups is 1. The molecule has 14 heteroatoms. The Balaban J connectivity index is 1.34. The highest BCUT2D eigenvalue weighted by atomic mass is 19.4. The van der Waals surface area contributed by atoms with Gasteiger partial charge in [-0.05, 0) is 61.4 Å². The predicted octanol–water partition coefficient (Wildman–Crippen LogP) is 7.35. The van der Waals surface area contributed by atoms with Crippen LogP contribution in [0.2, 0.25) is 0 Å². The number of hydrogen-bond donors (Lipinski definition) is 1. The van der Waals surface area contributed by atoms with Crippen LogP contribution >= 0.6 is 0 Å². The summed E-state index contributed by atoms with van der Waals surface area (Å²) in [6, 6.07) is 9.58. The summed E-state index contributed by atoms with van der Waals surface area (Å²) in [6.45, 7) is 2.30. The summed E-state index contributed by atoms with van der Waals surface area (Å²) < 4.78 is 80.7. The molecule has 4 heterocycles. The first-order valence-corrected chi connectivity index (χ1v) is 15.2. The smallest absolute Gasteiger partial charge is 0.340 e. The summed E-state index contributed by atoms with van der Waals surface area (Å²) in [7, 11) is 0. The number of pyridine rings is 2. The maximum absolute atomic E-state index is 13.8. The number of nitrogens with zero attached hydrogens (tertiary/aromatic N) is 6. The number of fused-ring (bicyclic) bond motifs is 1. The molecular weight excluding hydrogens is 612 g/mol. The molecular formula is C32H31F6N7O. The zero-order chi connectivity index (χ0) is 32.5. The zero-order valence-corrected chi connectivity index (χ0v) is 24.7. The minimum atomic E-state index is -4.69. The molecule has 0 radical (unpaired) electrons. The number of benzene rings is 1. The highest BCUT2D eigenvalue weighted by Crippen LogP contribution is 2.36. The second kappa shape index (κ2) is 12.8. The van der Waals surface area contributed by atoms with Gasteiger partial charge in [0.25, 0.3) is 5.91 Å². The average molecular weight is 644 g/mol. The molecule has 1 aliphatic heterocycles. The molecule has 6 rings (SSSR count). The van der Waals surface area contributed by atoms with Crippen molar-refractivity contribution >= 4 is 28.4 Å². The first-order valence-electron chi connectivity index (χ1n) is 15.2. The van der Waals surface area contributed by atoms with Crippen LogP contribution in [0.15, 0.2) is 54.7 Å². The van der Waals surface area contributed by atoms with E-state index in [2.05, 4.69) is 30.2 Å². The molecule has 0 unspecified atom stereocenters. The normalized spacial score (nSPS) is 17.2. The molecule has 0 atom stereocenters. The van der Waals surface area contributed by atoms with Crippen molar-refractivity contribution in [2.75, 3.05) is 31.5 Å². The standard InChI is InChI=1S/C32H31F6N7O/c33-31(34,35)20-9-11-21(12-10-20)40-27-23-13-14-25(26-24(32(36,37)38)8-5-15-39-26)41-28(23)43-29(42-27)30(46)45-18-16-44(17-19-45)22-6-3-1-2-4-7-22/h5,8-15,22H,1-4,6-7,16-19H2,(H,40,41,42,43). The molecule has 242 valence electrons. The molecule has 1 amide bonds. The van der Waals surface area contributed by atoms with Gasteiger partial charge in [0.1, 0.15) is 11.5 Å². The summed E-state index contributed by atoms with van der Waals surface area (Å²) in [4.78, 5) is 34.9. The van der Waals surface area contributed by atoms with Gasteiger partial charge in [-0.15, -0.1) is 0 Å². The van der Waals surface area contributed by atoms with Gasteiger partial charge in [-0.25, -0.2) is 15.0 Å². The number of amides is 1. The number of rotatable bonds is 5. The first-order chi connectivity index (χ1) is 22.0. The lowest BCUT2D eigenvalue weighted by Crippen LogP contribution is -2.52. The summed E-state index contributed by atoms with van der Waals surface area (Å²) in [5, 5.41) is 3.19. The molecule has 1 aliphatic carbocycles. The molecule has 0 spiro atoms. The van der Waals surface area contributed by atoms with Crippen molar-refractivity contribution < 1.29 is 31.1 Å². The number of piperazine rings is 1. The van der Waals surface area contributed by atoms with E-state index < -0.39 is 35.1 Å². The molecule has 1 saturated heterocycles. The maximum atomic E-state index is 13.8. The lowest BCUT2D eigenvalue weighted by Gasteiger charge is -2.39. The van der Waals surface area contributed by atoms with Gasteiger partial charge in [0.15, 0.2) is 5.65 Å². The second-order valence-electron chi connectivity index (χ2n) is 11.5. The SMILES string of the molecule is O=C(c1nc(Nc2ccc(C(F)(F)F)cc2)c2ccc(-c3ncccc3C(F)(F)F)nc2n1)N1CCN(C2CCCCCC2)CC1. The van der Waals surface area contributed by atoms with Gasteiger partial charge in [0, 0.05) is 44.1 Å². The molecule has 1 N–H and O–H groups in total. The van der Waals surface area contributed by atoms with Crippen LogP contribution in [0.25, 0.3) is 22.4 Å². The van der Waals surface area contributed by atoms with Gasteiger partial charge in [-0.1, -0.05) is 25.7 Å². The van der Waals surface area contributed by atoms with Gasteiger partial charge in [0.05, 0.1) is 22.2 Å². The van der Waals surface area contributed by atoms with Gasteiger partial charge < -0.3 is 10.2 Å². The van der Waals surface area contributed by atoms with Gasteiger partial charge in [-0.3, -0.25) is 14.7 Å². The zero-order valence-electron chi connectivity index (χ0n) is 24.7. The topological polar surface area (TPSA) is 87.1 Å². The molecule has 4 aromatic rings. The second-order valence-corrected chi connectivity index (χ2v) is 11.5. The van der Waals surface area contributed by atoms with Crippen LogP contribution in [0.5, 0.6) is 0 Å². The van der Waals surface area contributed by atoms with E-state index in [0.717, 1.165) is 31.0 Å². The van der Waals surface area contributed by atoms with Crippen LogP contribution in [-0.2, 0) is 12.4 Å². The number of halogens is 6. The van der Waals surface area contributed by atoms with Crippen molar-refractivity contribution in [3.05, 3.63) is 71.7 Å². The van der Waals surface area contributed by atoms with Crippen LogP contribution in [0.3, 0.4) is 0 Å². The van der Waals surface area contributed by atoms with Crippen LogP contribution in [-0.4, -0.2) is 67.9 Å². The fourth-order valence-electron chi connectivity index (χ4n) is 6.10. The van der Waals surface area contributed by atoms with Gasteiger partial charge in [-0.2, -0.15) is 26.3 Å². The molecule has 2 aliphatic rings. The summed E-state index contributed by atoms with van der Waals surface area (Å²) in [5.41, 5.74) is -2.17. The van der Waals surface area contributed by atoms with Crippen molar-refractivity contribution in [3.8, 4) is 11.4 Å². The summed E-state index contributed by atoms with van der Waals surface area (Å²) in [6.07, 6.45) is -0.847. The third-order valence-electron chi connectivity index (χ3n) is 8.52. The van der Waals surface area contributed by atoms with Crippen molar-refractivity contribution in [2.45, 2.75) is 56.9 Å². The average Bonchev–Trinajstić information content (AvgIpc) is 3.33. The van der Waals surface area contributed by atoms with Gasteiger partial charge in [0.2, 0.25) is 5.82 Å². The highest BCUT2D eigenvalue weighted by molar-refractivity contribution is 5.96. The fraction of sp³-hybridized carbons (Fsp3) is 0.406. The molecule has 1 saturated carbocycles. The number of anilines is 2. The monoisotopic (exact) mass is 643 g/mol. The maximum Gasteiger partial charge on any atom is 0.418 e. The van der Waals surface area contributed by atoms with E-state index in [9.17, 15) is 31.1 Å². The van der Waals surface area contributed by atoms with E-state index in [-0.39, 0.29) is 34.1 Å². The Morgan fingerprint density at radius 1 is 0.783 bits per heavy atom. The Morgan fingerprint density at radius 2 is 1.48 bits per heavy atom. The minimum Gasteiger partial charge on any atom is -0.340 e. The molecule has 8 nitrogen and oxygen atoms in total. The van der Waals surface area contributed by atoms with Crippen LogP contribution in [0.1, 0.15) is 60.3 Å². The van der Waals surface area contributed by atoms with E-state index in [1.165, 1.54) is 62.2 Å². The van der Waals surface area contributed by atoms with Crippen molar-refractivity contribution in [1.82, 2.24) is 29.7 Å². The van der Waals surface area contributed by atoms with Crippen molar-refractivity contribution in [2.24, 2.45) is 0 Å². The first kappa shape index (κ1) is 31.6. The number of carbonyl (C=O) groups excluding carboxylic acids is 1. The predicted molar refractivity (Wildman–Crippen MR) is 159 cm³/mol. The largest absolute Gasteiger partial charge is 0.418 e. The highest BCUT2D eigenvalue weighted by Gasteiger charge is 2.35. The Kier molecular flexibility index (Phi) is 8.82. The van der Waals surface area contributed by atoms with Crippen LogP contribution in [0.4, 0.5) is 37.8 Å². The van der Waals surface area contributed by atoms with Crippen LogP contribution < -0.4 is 5.32 Å². The Hall–Kier alpha value is -4.33. The molecule has 1 aromatic carbocycles. The Labute approximate surface area is 260 Å². The van der Waals surface area contributed by atoms with E-state index in [4.69, 9.17) is 0 Å². The van der Waals surface area contributed by atoms with Gasteiger partial charge >= 0.3 is 12.4 Å². The van der Waals surface area contributed by atoms with E-state index >= 15 is 0 Å². The van der Waals surface area contributed by atoms with Crippen molar-refractivity contribution in [1.29, 1.82) is 0 Å². The number of nitrogens with one attached hydrogen (secondary N) is 1. The fourth-order valence-corrected chi connectivity index (χ4v) is 6.10. The Bertz CT molecular complexity index is 1690. The third-order valence-corrected chi connectivity index (χ3v) is 8.52. The molecule has 3 aromatic heterocycles. The number of aromatic nitrogens is 4. The van der Waals surface area contributed by atoms with E-state index in [1.807, 2.05) is 0 Å². The van der Waals surface area contributed by atoms with Crippen LogP contribution in [0, 0.1) is 0 Å². The summed E-state index contributed by atoms with van der Waals surface area (Å²) in [5.74, 6) is -0.633. The minimum absolute atomic E-state index is 0.0684. The number of alkyl halides is 6. The summed E-state index contributed by atoms with van der Waals surface area (Å²) >= 11 is 0. The van der Waals surface area contributed by atoms with E-state index in [0.29, 0.717) is 32.2 Å². The van der Waals surface area contributed by atoms with E-state index in [1.54, 1.807) is 4.90 Å². The quantitative estimate of drug-likeness (QED) is 0.180. The Morgan fingerprint density at radius 3 is 2.13 bits per heavy atom. The number of hydrogen-bond acceptors (Lipinski definition) is 7. The lowest BCUT2D eigenvalue weighted by atomic mass is 10.1. The molecule has 0 bridgehead atoms. The third kappa shape index (κ3) is 6.91. The van der Waals surface area contributed by atoms with Crippen molar-refractivity contribution in [3.63, 3.8) is 0 Å².